The monoisotopic (exact) mass is 277 g/mol. The first-order valence-electron chi connectivity index (χ1n) is 4.92. The minimum Gasteiger partial charge on any atom is -0.419 e. The van der Waals surface area contributed by atoms with Crippen molar-refractivity contribution in [2.45, 2.75) is 0 Å². The van der Waals surface area contributed by atoms with Crippen molar-refractivity contribution >= 4 is 23.8 Å². The first-order chi connectivity index (χ1) is 9.35. The molecule has 0 aliphatic heterocycles. The Morgan fingerprint density at radius 2 is 1.55 bits per heavy atom. The Bertz CT molecular complexity index is 646. The van der Waals surface area contributed by atoms with Gasteiger partial charge in [0.1, 0.15) is 17.6 Å². The minimum atomic E-state index is -1.36. The van der Waals surface area contributed by atoms with E-state index in [9.17, 15) is 19.2 Å². The third kappa shape index (κ3) is 3.54. The van der Waals surface area contributed by atoms with Gasteiger partial charge in [-0.1, -0.05) is 0 Å². The highest BCUT2D eigenvalue weighted by Gasteiger charge is 2.17. The summed E-state index contributed by atoms with van der Waals surface area (Å²) < 4.78 is 9.07. The van der Waals surface area contributed by atoms with Crippen LogP contribution in [0.4, 0.5) is 0 Å². The van der Waals surface area contributed by atoms with Gasteiger partial charge in [0.25, 0.3) is 0 Å². The van der Waals surface area contributed by atoms with Crippen molar-refractivity contribution in [3.63, 3.8) is 0 Å². The summed E-state index contributed by atoms with van der Waals surface area (Å²) in [5.41, 5.74) is 9.16. The van der Waals surface area contributed by atoms with Gasteiger partial charge in [0.2, 0.25) is 0 Å². The Hall–Kier alpha value is -3.41. The van der Waals surface area contributed by atoms with Crippen LogP contribution < -0.4 is 20.9 Å². The molecule has 0 spiro atoms. The van der Waals surface area contributed by atoms with Crippen LogP contribution in [0.3, 0.4) is 0 Å². The van der Waals surface area contributed by atoms with E-state index in [1.54, 1.807) is 6.07 Å². The molecule has 9 nitrogen and oxygen atoms in total. The lowest BCUT2D eigenvalue weighted by Gasteiger charge is -2.06. The Kier molecular flexibility index (Phi) is 4.37. The first-order valence-corrected chi connectivity index (χ1v) is 4.92. The largest absolute Gasteiger partial charge is 0.419 e. The second kappa shape index (κ2) is 5.96. The van der Waals surface area contributed by atoms with E-state index >= 15 is 0 Å². The number of carbonyl (C=O) groups is 4. The average molecular weight is 277 g/mol. The van der Waals surface area contributed by atoms with Crippen molar-refractivity contribution in [2.75, 3.05) is 0 Å². The van der Waals surface area contributed by atoms with Crippen LogP contribution in [0.5, 0.6) is 11.5 Å². The maximum atomic E-state index is 11.0. The maximum Gasteiger partial charge on any atom is 0.402 e. The third-order valence-electron chi connectivity index (χ3n) is 1.89. The number of ether oxygens (including phenoxy) is 2. The second-order valence-electron chi connectivity index (χ2n) is 3.28. The SMILES string of the molecule is N#Cc1cc(OC(=O)C(N)=O)ccc1OC(=O)C(N)=O. The molecule has 9 heteroatoms. The van der Waals surface area contributed by atoms with Crippen molar-refractivity contribution in [1.82, 2.24) is 0 Å². The molecule has 102 valence electrons. The molecule has 1 rings (SSSR count). The van der Waals surface area contributed by atoms with E-state index in [1.807, 2.05) is 0 Å². The van der Waals surface area contributed by atoms with Crippen LogP contribution in [0, 0.1) is 11.3 Å². The van der Waals surface area contributed by atoms with E-state index in [0.29, 0.717) is 0 Å². The average Bonchev–Trinajstić information content (AvgIpc) is 2.39. The zero-order valence-corrected chi connectivity index (χ0v) is 9.78. The van der Waals surface area contributed by atoms with Crippen LogP contribution >= 0.6 is 0 Å². The Morgan fingerprint density at radius 1 is 1.00 bits per heavy atom. The molecule has 1 aromatic carbocycles. The molecule has 0 aromatic heterocycles. The molecule has 0 heterocycles. The lowest BCUT2D eigenvalue weighted by Crippen LogP contribution is -2.28. The number of nitrogens with two attached hydrogens (primary N) is 2. The fourth-order valence-corrected chi connectivity index (χ4v) is 1.06. The van der Waals surface area contributed by atoms with Gasteiger partial charge < -0.3 is 20.9 Å². The van der Waals surface area contributed by atoms with Crippen LogP contribution in [0.25, 0.3) is 0 Å². The molecule has 1 aromatic rings. The van der Waals surface area contributed by atoms with Crippen LogP contribution in [0.15, 0.2) is 18.2 Å². The van der Waals surface area contributed by atoms with E-state index in [0.717, 1.165) is 18.2 Å². The zero-order valence-electron chi connectivity index (χ0n) is 9.78. The maximum absolute atomic E-state index is 11.0. The molecule has 2 amide bonds. The highest BCUT2D eigenvalue weighted by molar-refractivity contribution is 6.32. The van der Waals surface area contributed by atoms with Gasteiger partial charge >= 0.3 is 23.8 Å². The van der Waals surface area contributed by atoms with Crippen molar-refractivity contribution in [3.05, 3.63) is 23.8 Å². The van der Waals surface area contributed by atoms with Crippen LogP contribution in [0.1, 0.15) is 5.56 Å². The van der Waals surface area contributed by atoms with Gasteiger partial charge in [-0.15, -0.1) is 0 Å². The summed E-state index contributed by atoms with van der Waals surface area (Å²) in [6, 6.07) is 4.88. The molecule has 0 fully saturated rings. The van der Waals surface area contributed by atoms with E-state index < -0.39 is 23.8 Å². The Labute approximate surface area is 111 Å². The number of nitriles is 1. The summed E-state index contributed by atoms with van der Waals surface area (Å²) in [6.07, 6.45) is 0. The van der Waals surface area contributed by atoms with Gasteiger partial charge in [0, 0.05) is 6.07 Å². The van der Waals surface area contributed by atoms with Gasteiger partial charge in [0.15, 0.2) is 0 Å². The molecular formula is C11H7N3O6. The number of primary amides is 2. The smallest absolute Gasteiger partial charge is 0.402 e. The van der Waals surface area contributed by atoms with E-state index in [2.05, 4.69) is 20.9 Å². The molecule has 0 atom stereocenters. The van der Waals surface area contributed by atoms with Crippen LogP contribution in [-0.4, -0.2) is 23.8 Å². The topological polar surface area (TPSA) is 163 Å². The summed E-state index contributed by atoms with van der Waals surface area (Å²) in [5, 5.41) is 8.85. The predicted molar refractivity (Wildman–Crippen MR) is 60.8 cm³/mol. The normalized spacial score (nSPS) is 9.15. The third-order valence-corrected chi connectivity index (χ3v) is 1.89. The molecule has 0 saturated carbocycles. The fourth-order valence-electron chi connectivity index (χ4n) is 1.06. The van der Waals surface area contributed by atoms with E-state index in [-0.39, 0.29) is 17.1 Å². The van der Waals surface area contributed by atoms with Gasteiger partial charge in [0.05, 0.1) is 5.56 Å². The van der Waals surface area contributed by atoms with Gasteiger partial charge in [-0.3, -0.25) is 9.59 Å². The molecule has 20 heavy (non-hydrogen) atoms. The summed E-state index contributed by atoms with van der Waals surface area (Å²) >= 11 is 0. The minimum absolute atomic E-state index is 0.163. The zero-order chi connectivity index (χ0) is 15.3. The molecular weight excluding hydrogens is 270 g/mol. The number of benzene rings is 1. The van der Waals surface area contributed by atoms with Crippen molar-refractivity contribution in [2.24, 2.45) is 11.5 Å². The number of hydrogen-bond donors (Lipinski definition) is 2. The highest BCUT2D eigenvalue weighted by Crippen LogP contribution is 2.23. The molecule has 4 N–H and O–H groups in total. The van der Waals surface area contributed by atoms with Crippen molar-refractivity contribution in [1.29, 1.82) is 5.26 Å². The quantitative estimate of drug-likeness (QED) is 0.371. The molecule has 0 aliphatic carbocycles. The van der Waals surface area contributed by atoms with Crippen molar-refractivity contribution < 1.29 is 28.7 Å². The molecule has 0 saturated heterocycles. The van der Waals surface area contributed by atoms with Gasteiger partial charge in [-0.05, 0) is 12.1 Å². The molecule has 0 unspecified atom stereocenters. The second-order valence-corrected chi connectivity index (χ2v) is 3.28. The summed E-state index contributed by atoms with van der Waals surface area (Å²) in [5.74, 6) is -5.75. The Morgan fingerprint density at radius 3 is 2.05 bits per heavy atom. The predicted octanol–water partition coefficient (Wildman–Crippen LogP) is -1.66. The van der Waals surface area contributed by atoms with Crippen molar-refractivity contribution in [3.8, 4) is 17.6 Å². The molecule has 0 radical (unpaired) electrons. The van der Waals surface area contributed by atoms with Crippen LogP contribution in [0.2, 0.25) is 0 Å². The fraction of sp³-hybridized carbons (Fsp3) is 0. The summed E-state index contributed by atoms with van der Waals surface area (Å²) in [6.45, 7) is 0. The lowest BCUT2D eigenvalue weighted by atomic mass is 10.2. The number of hydrogen-bond acceptors (Lipinski definition) is 7. The first kappa shape index (κ1) is 14.7. The highest BCUT2D eigenvalue weighted by atomic mass is 16.5. The van der Waals surface area contributed by atoms with Gasteiger partial charge in [-0.2, -0.15) is 5.26 Å². The standard InChI is InChI=1S/C11H7N3O6/c12-4-5-3-6(19-10(17)8(13)15)1-2-7(5)20-11(18)9(14)16/h1-3H,(H2,13,15)(H2,14,16). The molecule has 0 bridgehead atoms. The number of carbonyl (C=O) groups excluding carboxylic acids is 4. The number of amides is 2. The summed E-state index contributed by atoms with van der Waals surface area (Å²) in [4.78, 5) is 43.0. The molecule has 0 aliphatic rings. The number of rotatable bonds is 2. The lowest BCUT2D eigenvalue weighted by molar-refractivity contribution is -0.146. The Balaban J connectivity index is 3.00. The van der Waals surface area contributed by atoms with E-state index in [1.165, 1.54) is 0 Å². The summed E-state index contributed by atoms with van der Waals surface area (Å²) in [7, 11) is 0. The van der Waals surface area contributed by atoms with Gasteiger partial charge in [-0.25, -0.2) is 9.59 Å². The number of esters is 2. The van der Waals surface area contributed by atoms with Crippen LogP contribution in [-0.2, 0) is 19.2 Å². The van der Waals surface area contributed by atoms with E-state index in [4.69, 9.17) is 5.26 Å². The number of nitrogens with zero attached hydrogens (tertiary/aromatic N) is 1.